The summed E-state index contributed by atoms with van der Waals surface area (Å²) in [5, 5.41) is 8.50. The fourth-order valence-electron chi connectivity index (χ4n) is 1.87. The predicted molar refractivity (Wildman–Crippen MR) is 85.9 cm³/mol. The maximum atomic E-state index is 11.8. The summed E-state index contributed by atoms with van der Waals surface area (Å²) < 4.78 is 10.4. The van der Waals surface area contributed by atoms with Crippen LogP contribution >= 0.6 is 23.4 Å². The third kappa shape index (κ3) is 4.24. The normalized spacial score (nSPS) is 12.1. The maximum absolute atomic E-state index is 11.8. The van der Waals surface area contributed by atoms with Crippen LogP contribution in [0.5, 0.6) is 0 Å². The number of halogens is 1. The van der Waals surface area contributed by atoms with Crippen LogP contribution in [0.15, 0.2) is 33.9 Å². The molecule has 7 heteroatoms. The molecule has 0 aliphatic heterocycles. The second kappa shape index (κ2) is 8.19. The lowest BCUT2D eigenvalue weighted by Crippen LogP contribution is -2.18. The van der Waals surface area contributed by atoms with Gasteiger partial charge in [0.25, 0.3) is 5.22 Å². The van der Waals surface area contributed by atoms with Crippen molar-refractivity contribution in [3.05, 3.63) is 29.3 Å². The highest BCUT2D eigenvalue weighted by Crippen LogP contribution is 2.31. The summed E-state index contributed by atoms with van der Waals surface area (Å²) in [7, 11) is 1.38. The van der Waals surface area contributed by atoms with Crippen LogP contribution in [0.1, 0.15) is 26.2 Å². The van der Waals surface area contributed by atoms with E-state index in [9.17, 15) is 4.79 Å². The van der Waals surface area contributed by atoms with Crippen LogP contribution in [0.3, 0.4) is 0 Å². The van der Waals surface area contributed by atoms with Gasteiger partial charge in [-0.3, -0.25) is 4.79 Å². The number of carbonyl (C=O) groups is 1. The lowest BCUT2D eigenvalue weighted by atomic mass is 10.2. The Morgan fingerprint density at radius 3 is 2.86 bits per heavy atom. The lowest BCUT2D eigenvalue weighted by molar-refractivity contribution is -0.140. The van der Waals surface area contributed by atoms with Crippen molar-refractivity contribution in [2.45, 2.75) is 36.7 Å². The van der Waals surface area contributed by atoms with Gasteiger partial charge < -0.3 is 9.15 Å². The first-order valence-electron chi connectivity index (χ1n) is 6.98. The summed E-state index contributed by atoms with van der Waals surface area (Å²) in [5.74, 6) is 0.0585. The largest absolute Gasteiger partial charge is 0.468 e. The van der Waals surface area contributed by atoms with E-state index in [1.165, 1.54) is 18.9 Å². The first-order chi connectivity index (χ1) is 10.7. The Labute approximate surface area is 138 Å². The third-order valence-corrected chi connectivity index (χ3v) is 4.45. The molecule has 2 rings (SSSR count). The van der Waals surface area contributed by atoms with E-state index in [2.05, 4.69) is 17.1 Å². The minimum atomic E-state index is -0.343. The zero-order chi connectivity index (χ0) is 15.9. The molecular formula is C15H17ClN2O3S. The fourth-order valence-corrected chi connectivity index (χ4v) is 3.02. The van der Waals surface area contributed by atoms with Crippen LogP contribution in [0.4, 0.5) is 0 Å². The van der Waals surface area contributed by atoms with Crippen molar-refractivity contribution in [3.8, 4) is 11.5 Å². The van der Waals surface area contributed by atoms with Gasteiger partial charge in [0.05, 0.1) is 17.7 Å². The van der Waals surface area contributed by atoms with Gasteiger partial charge in [-0.1, -0.05) is 55.3 Å². The molecule has 0 radical (unpaired) electrons. The van der Waals surface area contributed by atoms with Crippen molar-refractivity contribution in [2.24, 2.45) is 0 Å². The Hall–Kier alpha value is -1.53. The van der Waals surface area contributed by atoms with Crippen LogP contribution in [-0.4, -0.2) is 28.5 Å². The first kappa shape index (κ1) is 16.8. The molecular weight excluding hydrogens is 324 g/mol. The van der Waals surface area contributed by atoms with E-state index >= 15 is 0 Å². The summed E-state index contributed by atoms with van der Waals surface area (Å²) in [6.45, 7) is 2.07. The molecule has 0 fully saturated rings. The van der Waals surface area contributed by atoms with E-state index in [4.69, 9.17) is 20.8 Å². The second-order valence-electron chi connectivity index (χ2n) is 4.62. The number of unbranched alkanes of at least 4 members (excludes halogenated alkanes) is 1. The second-order valence-corrected chi connectivity index (χ2v) is 6.19. The van der Waals surface area contributed by atoms with E-state index in [-0.39, 0.29) is 11.2 Å². The van der Waals surface area contributed by atoms with Crippen molar-refractivity contribution in [1.82, 2.24) is 10.2 Å². The average Bonchev–Trinajstić information content (AvgIpc) is 2.99. The number of thioether (sulfide) groups is 1. The van der Waals surface area contributed by atoms with Gasteiger partial charge in [0, 0.05) is 0 Å². The molecule has 22 heavy (non-hydrogen) atoms. The molecule has 2 aromatic rings. The summed E-state index contributed by atoms with van der Waals surface area (Å²) in [5.41, 5.74) is 0.673. The van der Waals surface area contributed by atoms with Crippen LogP contribution in [-0.2, 0) is 9.53 Å². The minimum absolute atomic E-state index is 0.282. The molecule has 0 N–H and O–H groups in total. The van der Waals surface area contributed by atoms with Crippen LogP contribution < -0.4 is 0 Å². The van der Waals surface area contributed by atoms with Gasteiger partial charge in [0.2, 0.25) is 5.89 Å². The maximum Gasteiger partial charge on any atom is 0.319 e. The molecule has 0 unspecified atom stereocenters. The number of hydrogen-bond donors (Lipinski definition) is 0. The topological polar surface area (TPSA) is 65.2 Å². The number of hydrogen-bond acceptors (Lipinski definition) is 6. The smallest absolute Gasteiger partial charge is 0.319 e. The minimum Gasteiger partial charge on any atom is -0.468 e. The van der Waals surface area contributed by atoms with Crippen LogP contribution in [0, 0.1) is 0 Å². The average molecular weight is 341 g/mol. The van der Waals surface area contributed by atoms with Crippen LogP contribution in [0.2, 0.25) is 5.02 Å². The van der Waals surface area contributed by atoms with Crippen molar-refractivity contribution in [2.75, 3.05) is 7.11 Å². The molecule has 0 bridgehead atoms. The monoisotopic (exact) mass is 340 g/mol. The number of rotatable bonds is 7. The van der Waals surface area contributed by atoms with Crippen LogP contribution in [0.25, 0.3) is 11.5 Å². The number of ether oxygens (including phenoxy) is 1. The van der Waals surface area contributed by atoms with Gasteiger partial charge in [-0.2, -0.15) is 0 Å². The molecule has 1 aromatic heterocycles. The first-order valence-corrected chi connectivity index (χ1v) is 8.24. The zero-order valence-corrected chi connectivity index (χ0v) is 14.0. The Morgan fingerprint density at radius 1 is 1.41 bits per heavy atom. The third-order valence-electron chi connectivity index (χ3n) is 3.04. The molecule has 5 nitrogen and oxygen atoms in total. The molecule has 1 atom stereocenters. The molecule has 0 aliphatic rings. The summed E-state index contributed by atoms with van der Waals surface area (Å²) in [6.07, 6.45) is 2.64. The van der Waals surface area contributed by atoms with Gasteiger partial charge in [-0.05, 0) is 18.6 Å². The number of nitrogens with zero attached hydrogens (tertiary/aromatic N) is 2. The Balaban J connectivity index is 2.13. The number of methoxy groups -OCH3 is 1. The summed E-state index contributed by atoms with van der Waals surface area (Å²) >= 11 is 7.33. The summed E-state index contributed by atoms with van der Waals surface area (Å²) in [4.78, 5) is 11.8. The SMILES string of the molecule is CCCC[C@@H](Sc1nnc(-c2ccccc2Cl)o1)C(=O)OC. The van der Waals surface area contributed by atoms with Gasteiger partial charge in [0.15, 0.2) is 0 Å². The standard InChI is InChI=1S/C15H17ClN2O3S/c1-3-4-9-12(14(19)20-2)22-15-18-17-13(21-15)10-7-5-6-8-11(10)16/h5-8,12H,3-4,9H2,1-2H3/t12-/m1/s1. The van der Waals surface area contributed by atoms with Gasteiger partial charge in [-0.15, -0.1) is 10.2 Å². The number of benzene rings is 1. The number of esters is 1. The van der Waals surface area contributed by atoms with Gasteiger partial charge in [0.1, 0.15) is 5.25 Å². The van der Waals surface area contributed by atoms with Gasteiger partial charge in [-0.25, -0.2) is 0 Å². The lowest BCUT2D eigenvalue weighted by Gasteiger charge is -2.10. The molecule has 0 amide bonds. The molecule has 0 saturated heterocycles. The quantitative estimate of drug-likeness (QED) is 0.555. The van der Waals surface area contributed by atoms with Crippen molar-refractivity contribution < 1.29 is 13.9 Å². The molecule has 0 saturated carbocycles. The van der Waals surface area contributed by atoms with Gasteiger partial charge >= 0.3 is 5.97 Å². The molecule has 0 spiro atoms. The Kier molecular flexibility index (Phi) is 6.27. The van der Waals surface area contributed by atoms with E-state index in [1.807, 2.05) is 12.1 Å². The van der Waals surface area contributed by atoms with Crippen molar-refractivity contribution in [1.29, 1.82) is 0 Å². The number of carbonyl (C=O) groups excluding carboxylic acids is 1. The van der Waals surface area contributed by atoms with Crippen molar-refractivity contribution >= 4 is 29.3 Å². The molecule has 118 valence electrons. The van der Waals surface area contributed by atoms with E-state index in [0.29, 0.717) is 28.1 Å². The molecule has 0 aliphatic carbocycles. The predicted octanol–water partition coefficient (Wildman–Crippen LogP) is 4.21. The number of aromatic nitrogens is 2. The Morgan fingerprint density at radius 2 is 2.18 bits per heavy atom. The highest BCUT2D eigenvalue weighted by Gasteiger charge is 2.23. The zero-order valence-electron chi connectivity index (χ0n) is 12.4. The summed E-state index contributed by atoms with van der Waals surface area (Å²) in [6, 6.07) is 7.23. The van der Waals surface area contributed by atoms with Crippen molar-refractivity contribution in [3.63, 3.8) is 0 Å². The Bertz CT molecular complexity index is 633. The van der Waals surface area contributed by atoms with E-state index in [1.54, 1.807) is 12.1 Å². The molecule has 1 aromatic carbocycles. The fraction of sp³-hybridized carbons (Fsp3) is 0.400. The highest BCUT2D eigenvalue weighted by atomic mass is 35.5. The highest BCUT2D eigenvalue weighted by molar-refractivity contribution is 8.00. The molecule has 1 heterocycles. The van der Waals surface area contributed by atoms with E-state index < -0.39 is 0 Å². The van der Waals surface area contributed by atoms with E-state index in [0.717, 1.165) is 12.8 Å².